The molecule has 3 fully saturated rings. The van der Waals surface area contributed by atoms with Crippen LogP contribution in [0.5, 0.6) is 0 Å². The molecule has 212 valence electrons. The molecule has 3 aliphatic heterocycles. The van der Waals surface area contributed by atoms with Crippen molar-refractivity contribution in [2.45, 2.75) is 56.2 Å². The van der Waals surface area contributed by atoms with E-state index in [1.54, 1.807) is 6.20 Å². The fourth-order valence-electron chi connectivity index (χ4n) is 6.14. The van der Waals surface area contributed by atoms with Gasteiger partial charge < -0.3 is 10.6 Å². The molecule has 0 aliphatic carbocycles. The monoisotopic (exact) mass is 578 g/mol. The van der Waals surface area contributed by atoms with Crippen molar-refractivity contribution in [3.8, 4) is 0 Å². The van der Waals surface area contributed by atoms with Crippen LogP contribution in [-0.4, -0.2) is 33.6 Å². The standard InChI is InChI=1S/C29H28F6N4S/c1-2-5-21-12-17-9-11-39(21)25(13-17)26(23-8-10-36-24-7-4-3-6-22(23)24)38-27(40)37-20-15-18(28(30,31)32)14-19(16-20)29(33,34)35/h2-4,6-8,10,14-17,21,25-26H,1,5,9,11-13H2,(H2,37,38,40)/t17?,21?,25?,26-/m0/s1. The molecular formula is C29H28F6N4S. The number of pyridine rings is 1. The van der Waals surface area contributed by atoms with E-state index in [-0.39, 0.29) is 17.2 Å². The molecule has 3 aliphatic rings. The lowest BCUT2D eigenvalue weighted by Gasteiger charge is -2.53. The molecule has 11 heteroatoms. The van der Waals surface area contributed by atoms with Crippen LogP contribution in [0.3, 0.4) is 0 Å². The number of fused-ring (bicyclic) bond motifs is 4. The third kappa shape index (κ3) is 5.95. The number of rotatable bonds is 6. The quantitative estimate of drug-likeness (QED) is 0.178. The minimum Gasteiger partial charge on any atom is -0.354 e. The number of halogens is 6. The van der Waals surface area contributed by atoms with Gasteiger partial charge in [-0.2, -0.15) is 26.3 Å². The van der Waals surface area contributed by atoms with E-state index < -0.39 is 35.2 Å². The Morgan fingerprint density at radius 2 is 1.75 bits per heavy atom. The smallest absolute Gasteiger partial charge is 0.354 e. The lowest BCUT2D eigenvalue weighted by Crippen LogP contribution is -2.59. The highest BCUT2D eigenvalue weighted by atomic mass is 32.1. The fourth-order valence-corrected chi connectivity index (χ4v) is 6.38. The molecule has 3 aromatic rings. The highest BCUT2D eigenvalue weighted by molar-refractivity contribution is 7.80. The first-order chi connectivity index (χ1) is 18.9. The van der Waals surface area contributed by atoms with E-state index >= 15 is 0 Å². The summed E-state index contributed by atoms with van der Waals surface area (Å²) >= 11 is 5.51. The molecule has 4 heterocycles. The molecule has 4 unspecified atom stereocenters. The van der Waals surface area contributed by atoms with E-state index in [0.29, 0.717) is 24.1 Å². The van der Waals surface area contributed by atoms with E-state index in [0.717, 1.165) is 48.7 Å². The van der Waals surface area contributed by atoms with Gasteiger partial charge in [-0.25, -0.2) is 0 Å². The topological polar surface area (TPSA) is 40.2 Å². The van der Waals surface area contributed by atoms with Crippen LogP contribution >= 0.6 is 12.2 Å². The van der Waals surface area contributed by atoms with Crippen molar-refractivity contribution in [3.05, 3.63) is 84.1 Å². The van der Waals surface area contributed by atoms with Gasteiger partial charge in [0.2, 0.25) is 0 Å². The summed E-state index contributed by atoms with van der Waals surface area (Å²) in [7, 11) is 0. The predicted molar refractivity (Wildman–Crippen MR) is 147 cm³/mol. The Morgan fingerprint density at radius 1 is 1.05 bits per heavy atom. The first-order valence-electron chi connectivity index (χ1n) is 13.0. The van der Waals surface area contributed by atoms with E-state index in [1.807, 2.05) is 36.4 Å². The van der Waals surface area contributed by atoms with Gasteiger partial charge in [-0.15, -0.1) is 6.58 Å². The lowest BCUT2D eigenvalue weighted by atomic mass is 9.74. The zero-order valence-corrected chi connectivity index (χ0v) is 22.2. The molecule has 0 spiro atoms. The first kappa shape index (κ1) is 28.4. The molecule has 4 nitrogen and oxygen atoms in total. The van der Waals surface area contributed by atoms with E-state index in [1.165, 1.54) is 0 Å². The Hall–Kier alpha value is -3.18. The van der Waals surface area contributed by atoms with E-state index in [2.05, 4.69) is 27.1 Å². The zero-order valence-electron chi connectivity index (χ0n) is 21.4. The summed E-state index contributed by atoms with van der Waals surface area (Å²) in [6.07, 6.45) is -2.48. The molecule has 0 saturated carbocycles. The molecule has 2 bridgehead atoms. The number of piperidine rings is 3. The Labute approximate surface area is 233 Å². The number of benzene rings is 2. The van der Waals surface area contributed by atoms with Gasteiger partial charge >= 0.3 is 12.4 Å². The number of thiocarbonyl (C=S) groups is 1. The summed E-state index contributed by atoms with van der Waals surface area (Å²) in [5.74, 6) is 0.497. The van der Waals surface area contributed by atoms with E-state index in [9.17, 15) is 26.3 Å². The Morgan fingerprint density at radius 3 is 2.40 bits per heavy atom. The van der Waals surface area contributed by atoms with E-state index in [4.69, 9.17) is 12.2 Å². The predicted octanol–water partition coefficient (Wildman–Crippen LogP) is 7.73. The third-order valence-electron chi connectivity index (χ3n) is 7.84. The molecule has 3 saturated heterocycles. The van der Waals surface area contributed by atoms with Gasteiger partial charge in [0.15, 0.2) is 5.11 Å². The average Bonchev–Trinajstić information content (AvgIpc) is 2.91. The number of anilines is 1. The highest BCUT2D eigenvalue weighted by Crippen LogP contribution is 2.43. The first-order valence-corrected chi connectivity index (χ1v) is 13.4. The third-order valence-corrected chi connectivity index (χ3v) is 8.06. The largest absolute Gasteiger partial charge is 0.416 e. The van der Waals surface area contributed by atoms with Crippen LogP contribution < -0.4 is 10.6 Å². The van der Waals surface area contributed by atoms with Crippen LogP contribution in [0, 0.1) is 5.92 Å². The van der Waals surface area contributed by atoms with Crippen LogP contribution in [0.25, 0.3) is 10.9 Å². The summed E-state index contributed by atoms with van der Waals surface area (Å²) in [4.78, 5) is 6.89. The number of nitrogens with zero attached hydrogens (tertiary/aromatic N) is 2. The van der Waals surface area contributed by atoms with Gasteiger partial charge in [-0.1, -0.05) is 24.3 Å². The van der Waals surface area contributed by atoms with Gasteiger partial charge in [-0.05, 0) is 86.3 Å². The van der Waals surface area contributed by atoms with Gasteiger partial charge in [-0.3, -0.25) is 9.88 Å². The van der Waals surface area contributed by atoms with Gasteiger partial charge in [0.05, 0.1) is 22.7 Å². The maximum absolute atomic E-state index is 13.4. The van der Waals surface area contributed by atoms with Crippen molar-refractivity contribution in [2.24, 2.45) is 5.92 Å². The van der Waals surface area contributed by atoms with Crippen molar-refractivity contribution in [1.29, 1.82) is 0 Å². The molecule has 2 aromatic carbocycles. The molecule has 1 aromatic heterocycles. The van der Waals surface area contributed by atoms with Crippen molar-refractivity contribution < 1.29 is 26.3 Å². The molecule has 5 atom stereocenters. The summed E-state index contributed by atoms with van der Waals surface area (Å²) in [5, 5.41) is 6.70. The Bertz CT molecular complexity index is 1370. The van der Waals surface area contributed by atoms with Crippen molar-refractivity contribution in [1.82, 2.24) is 15.2 Å². The molecule has 0 amide bonds. The molecule has 40 heavy (non-hydrogen) atoms. The van der Waals surface area contributed by atoms with Gasteiger partial charge in [0.25, 0.3) is 0 Å². The van der Waals surface area contributed by atoms with Gasteiger partial charge in [0, 0.05) is 29.4 Å². The van der Waals surface area contributed by atoms with Crippen LogP contribution in [0.2, 0.25) is 0 Å². The maximum Gasteiger partial charge on any atom is 0.416 e. The van der Waals surface area contributed by atoms with Crippen LogP contribution in [0.1, 0.15) is 48.4 Å². The number of alkyl halides is 6. The van der Waals surface area contributed by atoms with Crippen LogP contribution in [0.15, 0.2) is 67.4 Å². The zero-order chi connectivity index (χ0) is 28.7. The Kier molecular flexibility index (Phi) is 7.80. The summed E-state index contributed by atoms with van der Waals surface area (Å²) in [6.45, 7) is 4.80. The van der Waals surface area contributed by atoms with Crippen molar-refractivity contribution >= 4 is 33.9 Å². The number of para-hydroxylation sites is 1. The number of aromatic nitrogens is 1. The number of nitrogens with one attached hydrogen (secondary N) is 2. The molecular weight excluding hydrogens is 550 g/mol. The second-order valence-electron chi connectivity index (χ2n) is 10.4. The summed E-state index contributed by atoms with van der Waals surface area (Å²) < 4.78 is 80.5. The highest BCUT2D eigenvalue weighted by Gasteiger charge is 2.44. The van der Waals surface area contributed by atoms with Crippen molar-refractivity contribution in [2.75, 3.05) is 11.9 Å². The lowest BCUT2D eigenvalue weighted by molar-refractivity contribution is -0.143. The van der Waals surface area contributed by atoms with Crippen molar-refractivity contribution in [3.63, 3.8) is 0 Å². The second-order valence-corrected chi connectivity index (χ2v) is 10.8. The van der Waals surface area contributed by atoms with Gasteiger partial charge in [0.1, 0.15) is 0 Å². The second kappa shape index (κ2) is 11.0. The number of hydrogen-bond donors (Lipinski definition) is 2. The minimum atomic E-state index is -4.96. The molecule has 0 radical (unpaired) electrons. The fraction of sp³-hybridized carbons (Fsp3) is 0.379. The van der Waals surface area contributed by atoms with Crippen LogP contribution in [0.4, 0.5) is 32.0 Å². The summed E-state index contributed by atoms with van der Waals surface area (Å²) in [6, 6.07) is 10.8. The molecule has 2 N–H and O–H groups in total. The average molecular weight is 579 g/mol. The van der Waals surface area contributed by atoms with Crippen LogP contribution in [-0.2, 0) is 12.4 Å². The molecule has 6 rings (SSSR count). The maximum atomic E-state index is 13.4. The number of hydrogen-bond acceptors (Lipinski definition) is 3. The SMILES string of the molecule is C=CCC1CC2CCN1C([C@@H](NC(=S)Nc1cc(C(F)(F)F)cc(C(F)(F)F)c1)c1ccnc3ccccc13)C2. The Balaban J connectivity index is 1.50. The minimum absolute atomic E-state index is 0.00440. The normalized spacial score (nSPS) is 23.6. The summed E-state index contributed by atoms with van der Waals surface area (Å²) in [5.41, 5.74) is -1.53.